The highest BCUT2D eigenvalue weighted by Crippen LogP contribution is 2.24. The van der Waals surface area contributed by atoms with Crippen molar-refractivity contribution < 1.29 is 9.59 Å². The van der Waals surface area contributed by atoms with Crippen LogP contribution in [0.15, 0.2) is 47.9 Å². The highest BCUT2D eigenvalue weighted by molar-refractivity contribution is 8.00. The largest absolute Gasteiger partial charge is 0.341 e. The first-order valence-electron chi connectivity index (χ1n) is 6.40. The number of hydrogen-bond acceptors (Lipinski definition) is 4. The third-order valence-electron chi connectivity index (χ3n) is 2.76. The molecule has 1 aromatic heterocycles. The molecule has 0 fully saturated rings. The van der Waals surface area contributed by atoms with Crippen molar-refractivity contribution in [1.29, 1.82) is 0 Å². The molecular formula is C14H16N4O2S. The zero-order valence-electron chi connectivity index (χ0n) is 11.7. The van der Waals surface area contributed by atoms with E-state index in [1.807, 2.05) is 41.1 Å². The van der Waals surface area contributed by atoms with Crippen LogP contribution in [-0.2, 0) is 4.79 Å². The first kappa shape index (κ1) is 15.1. The Hall–Kier alpha value is -2.28. The van der Waals surface area contributed by atoms with Crippen molar-refractivity contribution in [3.63, 3.8) is 0 Å². The molecule has 0 radical (unpaired) electrons. The second-order valence-corrected chi connectivity index (χ2v) is 5.55. The van der Waals surface area contributed by atoms with E-state index < -0.39 is 11.3 Å². The summed E-state index contributed by atoms with van der Waals surface area (Å²) in [7, 11) is 1.46. The van der Waals surface area contributed by atoms with Crippen molar-refractivity contribution in [2.24, 2.45) is 0 Å². The average Bonchev–Trinajstić information content (AvgIpc) is 2.96. The number of carbonyl (C=O) groups is 2. The van der Waals surface area contributed by atoms with Gasteiger partial charge in [-0.3, -0.25) is 14.7 Å². The maximum atomic E-state index is 11.9. The van der Waals surface area contributed by atoms with Gasteiger partial charge in [0.15, 0.2) is 5.16 Å². The Labute approximate surface area is 126 Å². The van der Waals surface area contributed by atoms with Crippen molar-refractivity contribution in [2.75, 3.05) is 7.05 Å². The molecule has 1 heterocycles. The first-order chi connectivity index (χ1) is 10.1. The van der Waals surface area contributed by atoms with Crippen LogP contribution in [0, 0.1) is 0 Å². The highest BCUT2D eigenvalue weighted by Gasteiger charge is 2.19. The fraction of sp³-hybridized carbons (Fsp3) is 0.214. The fourth-order valence-electron chi connectivity index (χ4n) is 1.65. The monoisotopic (exact) mass is 304 g/mol. The zero-order chi connectivity index (χ0) is 15.2. The molecule has 0 bridgehead atoms. The van der Waals surface area contributed by atoms with E-state index >= 15 is 0 Å². The number of benzene rings is 1. The molecule has 21 heavy (non-hydrogen) atoms. The Morgan fingerprint density at radius 1 is 1.29 bits per heavy atom. The number of amides is 3. The van der Waals surface area contributed by atoms with Gasteiger partial charge in [-0.05, 0) is 19.1 Å². The van der Waals surface area contributed by atoms with Gasteiger partial charge >= 0.3 is 6.03 Å². The number of hydrogen-bond donors (Lipinski definition) is 2. The molecule has 1 atom stereocenters. The summed E-state index contributed by atoms with van der Waals surface area (Å²) in [6.07, 6.45) is 3.51. The fourth-order valence-corrected chi connectivity index (χ4v) is 2.53. The van der Waals surface area contributed by atoms with E-state index in [2.05, 4.69) is 15.6 Å². The average molecular weight is 304 g/mol. The van der Waals surface area contributed by atoms with Crippen LogP contribution in [0.2, 0.25) is 0 Å². The lowest BCUT2D eigenvalue weighted by Gasteiger charge is -2.12. The Balaban J connectivity index is 2.09. The third-order valence-corrected chi connectivity index (χ3v) is 3.84. The SMILES string of the molecule is CNC(=O)NC(=O)C(C)Sc1nccn1-c1ccccc1. The molecule has 6 nitrogen and oxygen atoms in total. The van der Waals surface area contributed by atoms with Gasteiger partial charge in [-0.15, -0.1) is 0 Å². The van der Waals surface area contributed by atoms with Gasteiger partial charge in [0.2, 0.25) is 5.91 Å². The van der Waals surface area contributed by atoms with Gasteiger partial charge in [0.1, 0.15) is 0 Å². The summed E-state index contributed by atoms with van der Waals surface area (Å²) in [5.41, 5.74) is 0.969. The Morgan fingerprint density at radius 2 is 2.00 bits per heavy atom. The quantitative estimate of drug-likeness (QED) is 0.845. The third kappa shape index (κ3) is 3.85. The molecule has 7 heteroatoms. The van der Waals surface area contributed by atoms with Crippen molar-refractivity contribution in [3.05, 3.63) is 42.7 Å². The van der Waals surface area contributed by atoms with Crippen LogP contribution in [0.4, 0.5) is 4.79 Å². The molecule has 2 aromatic rings. The lowest BCUT2D eigenvalue weighted by atomic mass is 10.3. The Bertz CT molecular complexity index is 627. The molecule has 0 aliphatic carbocycles. The molecule has 2 N–H and O–H groups in total. The van der Waals surface area contributed by atoms with Gasteiger partial charge < -0.3 is 5.32 Å². The summed E-state index contributed by atoms with van der Waals surface area (Å²) >= 11 is 1.29. The number of para-hydroxylation sites is 1. The minimum atomic E-state index is -0.515. The lowest BCUT2D eigenvalue weighted by molar-refractivity contribution is -0.119. The van der Waals surface area contributed by atoms with Crippen LogP contribution in [0.25, 0.3) is 5.69 Å². The van der Waals surface area contributed by atoms with E-state index in [1.165, 1.54) is 18.8 Å². The van der Waals surface area contributed by atoms with Crippen LogP contribution < -0.4 is 10.6 Å². The maximum absolute atomic E-state index is 11.9. The van der Waals surface area contributed by atoms with Gasteiger partial charge in [-0.1, -0.05) is 30.0 Å². The number of aromatic nitrogens is 2. The standard InChI is InChI=1S/C14H16N4O2S/c1-10(12(19)17-13(20)15-2)21-14-16-8-9-18(14)11-6-4-3-5-7-11/h3-10H,1-2H3,(H2,15,17,19,20). The Kier molecular flexibility index (Phi) is 4.99. The minimum absolute atomic E-state index is 0.359. The molecule has 1 aromatic carbocycles. The molecular weight excluding hydrogens is 288 g/mol. The van der Waals surface area contributed by atoms with E-state index in [4.69, 9.17) is 0 Å². The summed E-state index contributed by atoms with van der Waals surface area (Å²) in [5, 5.41) is 4.86. The number of nitrogens with one attached hydrogen (secondary N) is 2. The molecule has 110 valence electrons. The predicted octanol–water partition coefficient (Wildman–Crippen LogP) is 1.81. The van der Waals surface area contributed by atoms with Crippen LogP contribution in [0.1, 0.15) is 6.92 Å². The number of imidazole rings is 1. The second-order valence-electron chi connectivity index (χ2n) is 4.24. The van der Waals surface area contributed by atoms with Crippen molar-refractivity contribution >= 4 is 23.7 Å². The van der Waals surface area contributed by atoms with Gasteiger partial charge in [-0.25, -0.2) is 9.78 Å². The molecule has 2 rings (SSSR count). The van der Waals surface area contributed by atoms with E-state index in [0.717, 1.165) is 5.69 Å². The van der Waals surface area contributed by atoms with E-state index in [-0.39, 0.29) is 5.91 Å². The van der Waals surface area contributed by atoms with Crippen LogP contribution in [-0.4, -0.2) is 33.8 Å². The summed E-state index contributed by atoms with van der Waals surface area (Å²) in [6, 6.07) is 9.21. The van der Waals surface area contributed by atoms with Gasteiger partial charge in [-0.2, -0.15) is 0 Å². The summed E-state index contributed by atoms with van der Waals surface area (Å²) in [6.45, 7) is 1.73. The second kappa shape index (κ2) is 6.94. The molecule has 0 saturated carbocycles. The first-order valence-corrected chi connectivity index (χ1v) is 7.27. The topological polar surface area (TPSA) is 76.0 Å². The molecule has 0 spiro atoms. The van der Waals surface area contributed by atoms with E-state index in [1.54, 1.807) is 13.1 Å². The number of urea groups is 1. The van der Waals surface area contributed by atoms with Crippen LogP contribution in [0.3, 0.4) is 0 Å². The molecule has 1 unspecified atom stereocenters. The van der Waals surface area contributed by atoms with Gasteiger partial charge in [0.25, 0.3) is 0 Å². The molecule has 0 saturated heterocycles. The van der Waals surface area contributed by atoms with Crippen molar-refractivity contribution in [1.82, 2.24) is 20.2 Å². The lowest BCUT2D eigenvalue weighted by Crippen LogP contribution is -2.41. The van der Waals surface area contributed by atoms with Crippen molar-refractivity contribution in [3.8, 4) is 5.69 Å². The van der Waals surface area contributed by atoms with Crippen LogP contribution in [0.5, 0.6) is 0 Å². The predicted molar refractivity (Wildman–Crippen MR) is 81.5 cm³/mol. The number of carbonyl (C=O) groups excluding carboxylic acids is 2. The number of imide groups is 1. The number of rotatable bonds is 4. The van der Waals surface area contributed by atoms with Gasteiger partial charge in [0, 0.05) is 25.1 Å². The molecule has 3 amide bonds. The number of thioether (sulfide) groups is 1. The maximum Gasteiger partial charge on any atom is 0.321 e. The molecule has 0 aliphatic rings. The Morgan fingerprint density at radius 3 is 2.67 bits per heavy atom. The van der Waals surface area contributed by atoms with Gasteiger partial charge in [0.05, 0.1) is 5.25 Å². The normalized spacial score (nSPS) is 11.7. The summed E-state index contributed by atoms with van der Waals surface area (Å²) < 4.78 is 1.90. The summed E-state index contributed by atoms with van der Waals surface area (Å²) in [5.74, 6) is -0.359. The van der Waals surface area contributed by atoms with E-state index in [0.29, 0.717) is 5.16 Å². The molecule has 0 aliphatic heterocycles. The zero-order valence-corrected chi connectivity index (χ0v) is 12.6. The minimum Gasteiger partial charge on any atom is -0.341 e. The van der Waals surface area contributed by atoms with Crippen molar-refractivity contribution in [2.45, 2.75) is 17.3 Å². The van der Waals surface area contributed by atoms with Crippen LogP contribution >= 0.6 is 11.8 Å². The smallest absolute Gasteiger partial charge is 0.321 e. The van der Waals surface area contributed by atoms with E-state index in [9.17, 15) is 9.59 Å². The highest BCUT2D eigenvalue weighted by atomic mass is 32.2. The summed E-state index contributed by atoms with van der Waals surface area (Å²) in [4.78, 5) is 27.3. The number of nitrogens with zero attached hydrogens (tertiary/aromatic N) is 2.